The number of nitrogens with zero attached hydrogens (tertiary/aromatic N) is 2. The van der Waals surface area contributed by atoms with Crippen molar-refractivity contribution in [2.45, 2.75) is 13.8 Å². The van der Waals surface area contributed by atoms with Crippen LogP contribution in [0.4, 0.5) is 0 Å². The molecule has 1 heterocycles. The van der Waals surface area contributed by atoms with Crippen molar-refractivity contribution in [1.29, 1.82) is 0 Å². The number of hydrogen-bond acceptors (Lipinski definition) is 6. The number of aryl methyl sites for hydroxylation is 1. The molecule has 0 bridgehead atoms. The molecule has 134 valence electrons. The predicted octanol–water partition coefficient (Wildman–Crippen LogP) is 3.57. The van der Waals surface area contributed by atoms with E-state index >= 15 is 0 Å². The topological polar surface area (TPSA) is 94.7 Å². The minimum atomic E-state index is -1.06. The first-order chi connectivity index (χ1) is 12.6. The molecule has 0 atom stereocenters. The Balaban J connectivity index is 1.88. The molecule has 26 heavy (non-hydrogen) atoms. The maximum atomic E-state index is 10.7. The molecule has 0 fully saturated rings. The molecule has 7 heteroatoms. The van der Waals surface area contributed by atoms with Gasteiger partial charge in [-0.1, -0.05) is 22.9 Å². The number of hydrogen-bond donors (Lipinski definition) is 1. The second kappa shape index (κ2) is 7.69. The lowest BCUT2D eigenvalue weighted by molar-refractivity contribution is -0.139. The zero-order valence-corrected chi connectivity index (χ0v) is 14.4. The van der Waals surface area contributed by atoms with E-state index in [1.54, 1.807) is 18.2 Å². The molecule has 0 aliphatic carbocycles. The van der Waals surface area contributed by atoms with Gasteiger partial charge in [-0.25, -0.2) is 4.79 Å². The minimum absolute atomic E-state index is 0.347. The molecule has 0 saturated carbocycles. The molecule has 0 radical (unpaired) electrons. The Morgan fingerprint density at radius 3 is 2.50 bits per heavy atom. The van der Waals surface area contributed by atoms with Crippen LogP contribution in [0.2, 0.25) is 0 Å². The van der Waals surface area contributed by atoms with Crippen LogP contribution in [0.5, 0.6) is 11.5 Å². The van der Waals surface area contributed by atoms with Crippen molar-refractivity contribution in [2.75, 3.05) is 13.2 Å². The summed E-state index contributed by atoms with van der Waals surface area (Å²) in [5.41, 5.74) is 2.66. The van der Waals surface area contributed by atoms with Gasteiger partial charge in [0, 0.05) is 11.1 Å². The number of aliphatic carboxylic acids is 1. The van der Waals surface area contributed by atoms with E-state index in [2.05, 4.69) is 10.1 Å². The fourth-order valence-corrected chi connectivity index (χ4v) is 2.33. The van der Waals surface area contributed by atoms with Crippen molar-refractivity contribution in [2.24, 2.45) is 0 Å². The van der Waals surface area contributed by atoms with E-state index in [0.29, 0.717) is 35.4 Å². The second-order valence-electron chi connectivity index (χ2n) is 5.57. The van der Waals surface area contributed by atoms with Crippen LogP contribution >= 0.6 is 0 Å². The molecule has 3 rings (SSSR count). The van der Waals surface area contributed by atoms with Crippen LogP contribution in [0.15, 0.2) is 47.0 Å². The maximum absolute atomic E-state index is 10.7. The van der Waals surface area contributed by atoms with Crippen molar-refractivity contribution in [3.8, 4) is 34.3 Å². The fourth-order valence-electron chi connectivity index (χ4n) is 2.33. The van der Waals surface area contributed by atoms with E-state index in [1.165, 1.54) is 0 Å². The molecular formula is C19H18N2O5. The number of rotatable bonds is 7. The third-order valence-electron chi connectivity index (χ3n) is 3.58. The van der Waals surface area contributed by atoms with Crippen molar-refractivity contribution in [3.05, 3.63) is 48.0 Å². The summed E-state index contributed by atoms with van der Waals surface area (Å²) in [6, 6.07) is 12.8. The summed E-state index contributed by atoms with van der Waals surface area (Å²) < 4.78 is 16.1. The van der Waals surface area contributed by atoms with E-state index in [0.717, 1.165) is 11.1 Å². The van der Waals surface area contributed by atoms with Gasteiger partial charge in [0.1, 0.15) is 0 Å². The van der Waals surface area contributed by atoms with Crippen LogP contribution in [0.1, 0.15) is 12.5 Å². The first kappa shape index (κ1) is 17.5. The van der Waals surface area contributed by atoms with Gasteiger partial charge in [-0.15, -0.1) is 0 Å². The molecule has 1 N–H and O–H groups in total. The molecule has 0 aliphatic rings. The molecule has 2 aromatic carbocycles. The van der Waals surface area contributed by atoms with E-state index < -0.39 is 12.6 Å². The fraction of sp³-hybridized carbons (Fsp3) is 0.211. The number of carbonyl (C=O) groups is 1. The molecule has 0 unspecified atom stereocenters. The molecular weight excluding hydrogens is 336 g/mol. The molecule has 0 saturated heterocycles. The zero-order chi connectivity index (χ0) is 18.5. The third kappa shape index (κ3) is 4.00. The monoisotopic (exact) mass is 354 g/mol. The van der Waals surface area contributed by atoms with Gasteiger partial charge in [-0.3, -0.25) is 0 Å². The standard InChI is InChI=1S/C19H18N2O5/c1-3-24-16-10-14(8-9-15(16)25-11-17(22)23)18-20-19(26-21-18)13-6-4-12(2)5-7-13/h4-10H,3,11H2,1-2H3,(H,22,23). The number of ether oxygens (including phenoxy) is 2. The van der Waals surface area contributed by atoms with Crippen molar-refractivity contribution < 1.29 is 23.9 Å². The summed E-state index contributed by atoms with van der Waals surface area (Å²) in [7, 11) is 0. The average Bonchev–Trinajstić information content (AvgIpc) is 3.11. The summed E-state index contributed by atoms with van der Waals surface area (Å²) in [4.78, 5) is 15.1. The maximum Gasteiger partial charge on any atom is 0.341 e. The summed E-state index contributed by atoms with van der Waals surface area (Å²) in [5, 5.41) is 12.8. The second-order valence-corrected chi connectivity index (χ2v) is 5.57. The quantitative estimate of drug-likeness (QED) is 0.693. The summed E-state index contributed by atoms with van der Waals surface area (Å²) in [6.07, 6.45) is 0. The van der Waals surface area contributed by atoms with Crippen molar-refractivity contribution >= 4 is 5.97 Å². The van der Waals surface area contributed by atoms with Gasteiger partial charge in [-0.2, -0.15) is 4.98 Å². The minimum Gasteiger partial charge on any atom is -0.490 e. The Hall–Kier alpha value is -3.35. The number of carboxylic acid groups (broad SMARTS) is 1. The number of benzene rings is 2. The van der Waals surface area contributed by atoms with Gasteiger partial charge in [-0.05, 0) is 44.2 Å². The average molecular weight is 354 g/mol. The van der Waals surface area contributed by atoms with Crippen LogP contribution in [0.3, 0.4) is 0 Å². The Morgan fingerprint density at radius 2 is 1.81 bits per heavy atom. The third-order valence-corrected chi connectivity index (χ3v) is 3.58. The zero-order valence-electron chi connectivity index (χ0n) is 14.4. The van der Waals surface area contributed by atoms with Gasteiger partial charge in [0.25, 0.3) is 5.89 Å². The lowest BCUT2D eigenvalue weighted by Gasteiger charge is -2.11. The van der Waals surface area contributed by atoms with E-state index in [9.17, 15) is 4.79 Å². The highest BCUT2D eigenvalue weighted by atomic mass is 16.5. The first-order valence-corrected chi connectivity index (χ1v) is 8.09. The molecule has 7 nitrogen and oxygen atoms in total. The number of carboxylic acids is 1. The smallest absolute Gasteiger partial charge is 0.341 e. The van der Waals surface area contributed by atoms with Gasteiger partial charge < -0.3 is 19.1 Å². The molecule has 0 amide bonds. The van der Waals surface area contributed by atoms with Gasteiger partial charge in [0.05, 0.1) is 6.61 Å². The highest BCUT2D eigenvalue weighted by Gasteiger charge is 2.14. The Labute approximate surface area is 150 Å². The van der Waals surface area contributed by atoms with Crippen LogP contribution in [-0.2, 0) is 4.79 Å². The lowest BCUT2D eigenvalue weighted by Crippen LogP contribution is -2.10. The highest BCUT2D eigenvalue weighted by Crippen LogP contribution is 2.32. The van der Waals surface area contributed by atoms with Gasteiger partial charge in [0.15, 0.2) is 18.1 Å². The van der Waals surface area contributed by atoms with E-state index in [1.807, 2.05) is 38.1 Å². The molecule has 1 aromatic heterocycles. The normalized spacial score (nSPS) is 10.5. The Bertz CT molecular complexity index is 903. The molecule has 3 aromatic rings. The first-order valence-electron chi connectivity index (χ1n) is 8.09. The summed E-state index contributed by atoms with van der Waals surface area (Å²) >= 11 is 0. The van der Waals surface area contributed by atoms with Crippen LogP contribution in [-0.4, -0.2) is 34.4 Å². The van der Waals surface area contributed by atoms with Crippen LogP contribution in [0, 0.1) is 6.92 Å². The van der Waals surface area contributed by atoms with Crippen LogP contribution < -0.4 is 9.47 Å². The van der Waals surface area contributed by atoms with Crippen molar-refractivity contribution in [1.82, 2.24) is 10.1 Å². The Kier molecular flexibility index (Phi) is 5.17. The largest absolute Gasteiger partial charge is 0.490 e. The van der Waals surface area contributed by atoms with Gasteiger partial charge >= 0.3 is 5.97 Å². The number of aromatic nitrogens is 2. The van der Waals surface area contributed by atoms with Crippen LogP contribution in [0.25, 0.3) is 22.8 Å². The van der Waals surface area contributed by atoms with Gasteiger partial charge in [0.2, 0.25) is 5.82 Å². The van der Waals surface area contributed by atoms with Crippen molar-refractivity contribution in [3.63, 3.8) is 0 Å². The van der Waals surface area contributed by atoms with E-state index in [4.69, 9.17) is 19.1 Å². The highest BCUT2D eigenvalue weighted by molar-refractivity contribution is 5.69. The summed E-state index contributed by atoms with van der Waals surface area (Å²) in [6.45, 7) is 3.80. The molecule has 0 aliphatic heterocycles. The lowest BCUT2D eigenvalue weighted by atomic mass is 10.1. The Morgan fingerprint density at radius 1 is 1.08 bits per heavy atom. The SMILES string of the molecule is CCOc1cc(-c2noc(-c3ccc(C)cc3)n2)ccc1OCC(=O)O. The summed E-state index contributed by atoms with van der Waals surface area (Å²) in [5.74, 6) is 0.543. The predicted molar refractivity (Wildman–Crippen MR) is 94.2 cm³/mol. The molecule has 0 spiro atoms. The van der Waals surface area contributed by atoms with E-state index in [-0.39, 0.29) is 0 Å².